The lowest BCUT2D eigenvalue weighted by atomic mass is 9.63. The number of amides is 4. The van der Waals surface area contributed by atoms with Gasteiger partial charge in [-0.1, -0.05) is 26.0 Å². The summed E-state index contributed by atoms with van der Waals surface area (Å²) in [5.41, 5.74) is -0.864. The summed E-state index contributed by atoms with van der Waals surface area (Å²) in [6.45, 7) is 10.3. The van der Waals surface area contributed by atoms with Crippen molar-refractivity contribution in [2.24, 2.45) is 11.8 Å². The standard InChI is InChI=1S/C27H29FN2O5/c1-15(2)27(20-14-22(31)29(23(20)32)18-9-7-8-16(3)12-18)19-13-17(28)10-11-21(19)30(24(27)33)25(34)35-26(4,5)6/h7-13,15,20H,14H2,1-6H3/t20-,27?/m1/s1. The minimum Gasteiger partial charge on any atom is -0.443 e. The van der Waals surface area contributed by atoms with Crippen LogP contribution in [0, 0.1) is 24.6 Å². The fourth-order valence-corrected chi connectivity index (χ4v) is 5.26. The van der Waals surface area contributed by atoms with Crippen molar-refractivity contribution in [2.45, 2.75) is 59.0 Å². The van der Waals surface area contributed by atoms with E-state index in [9.17, 15) is 23.6 Å². The maximum atomic E-state index is 14.5. The van der Waals surface area contributed by atoms with Crippen molar-refractivity contribution >= 4 is 35.2 Å². The first-order valence-electron chi connectivity index (χ1n) is 11.6. The predicted octanol–water partition coefficient (Wildman–Crippen LogP) is 4.89. The molecule has 0 bridgehead atoms. The Morgan fingerprint density at radius 1 is 1.11 bits per heavy atom. The third-order valence-corrected chi connectivity index (χ3v) is 6.65. The van der Waals surface area contributed by atoms with Gasteiger partial charge in [-0.25, -0.2) is 14.1 Å². The van der Waals surface area contributed by atoms with Gasteiger partial charge in [-0.2, -0.15) is 0 Å². The van der Waals surface area contributed by atoms with Crippen LogP contribution in [0.4, 0.5) is 20.6 Å². The van der Waals surface area contributed by atoms with E-state index in [4.69, 9.17) is 4.74 Å². The number of fused-ring (bicyclic) bond motifs is 1. The summed E-state index contributed by atoms with van der Waals surface area (Å²) >= 11 is 0. The average Bonchev–Trinajstić information content (AvgIpc) is 3.16. The molecule has 0 N–H and O–H groups in total. The number of hydrogen-bond acceptors (Lipinski definition) is 5. The van der Waals surface area contributed by atoms with Crippen molar-refractivity contribution < 1.29 is 28.3 Å². The first-order valence-corrected chi connectivity index (χ1v) is 11.6. The van der Waals surface area contributed by atoms with E-state index in [-0.39, 0.29) is 17.7 Å². The second-order valence-corrected chi connectivity index (χ2v) is 10.5. The van der Waals surface area contributed by atoms with Crippen LogP contribution in [0.15, 0.2) is 42.5 Å². The highest BCUT2D eigenvalue weighted by molar-refractivity contribution is 6.27. The SMILES string of the molecule is Cc1cccc(N2C(=O)C[C@@H](C3(C(C)C)C(=O)N(C(=O)OC(C)(C)C)c4ccc(F)cc43)C2=O)c1. The van der Waals surface area contributed by atoms with Crippen molar-refractivity contribution in [1.29, 1.82) is 0 Å². The molecule has 1 fully saturated rings. The quantitative estimate of drug-likeness (QED) is 0.584. The monoisotopic (exact) mass is 480 g/mol. The fraction of sp³-hybridized carbons (Fsp3) is 0.407. The van der Waals surface area contributed by atoms with Crippen LogP contribution in [0.1, 0.15) is 52.2 Å². The molecule has 4 rings (SSSR count). The van der Waals surface area contributed by atoms with Crippen LogP contribution in [0.5, 0.6) is 0 Å². The Morgan fingerprint density at radius 2 is 1.80 bits per heavy atom. The molecule has 35 heavy (non-hydrogen) atoms. The smallest absolute Gasteiger partial charge is 0.421 e. The average molecular weight is 481 g/mol. The Balaban J connectivity index is 1.88. The van der Waals surface area contributed by atoms with Gasteiger partial charge >= 0.3 is 6.09 Å². The van der Waals surface area contributed by atoms with E-state index < -0.39 is 52.5 Å². The molecular weight excluding hydrogens is 451 g/mol. The van der Waals surface area contributed by atoms with Gasteiger partial charge in [-0.3, -0.25) is 19.3 Å². The number of carbonyl (C=O) groups is 4. The van der Waals surface area contributed by atoms with E-state index in [1.165, 1.54) is 12.1 Å². The van der Waals surface area contributed by atoms with Crippen LogP contribution in [0.3, 0.4) is 0 Å². The number of carbonyl (C=O) groups excluding carboxylic acids is 4. The molecule has 2 aliphatic rings. The lowest BCUT2D eigenvalue weighted by molar-refractivity contribution is -0.133. The maximum Gasteiger partial charge on any atom is 0.421 e. The van der Waals surface area contributed by atoms with Crippen LogP contribution in [-0.4, -0.2) is 29.4 Å². The molecular formula is C27H29FN2O5. The molecule has 8 heteroatoms. The van der Waals surface area contributed by atoms with Gasteiger partial charge < -0.3 is 4.74 Å². The van der Waals surface area contributed by atoms with Gasteiger partial charge in [0, 0.05) is 6.42 Å². The Hall–Kier alpha value is -3.55. The number of ether oxygens (including phenoxy) is 1. The Bertz CT molecular complexity index is 1250. The van der Waals surface area contributed by atoms with Crippen molar-refractivity contribution in [2.75, 3.05) is 9.80 Å². The van der Waals surface area contributed by atoms with E-state index in [1.807, 2.05) is 13.0 Å². The van der Waals surface area contributed by atoms with Gasteiger partial charge in [-0.05, 0) is 75.1 Å². The molecule has 0 aliphatic carbocycles. The van der Waals surface area contributed by atoms with Gasteiger partial charge in [-0.15, -0.1) is 0 Å². The van der Waals surface area contributed by atoms with E-state index in [1.54, 1.807) is 52.8 Å². The first kappa shape index (κ1) is 24.6. The van der Waals surface area contributed by atoms with Crippen molar-refractivity contribution in [3.63, 3.8) is 0 Å². The molecule has 0 saturated carbocycles. The van der Waals surface area contributed by atoms with Gasteiger partial charge in [0.2, 0.25) is 17.7 Å². The van der Waals surface area contributed by atoms with E-state index in [0.29, 0.717) is 5.69 Å². The van der Waals surface area contributed by atoms with Crippen LogP contribution in [-0.2, 0) is 24.5 Å². The normalized spacial score (nSPS) is 22.3. The van der Waals surface area contributed by atoms with E-state index in [0.717, 1.165) is 21.4 Å². The highest BCUT2D eigenvalue weighted by atomic mass is 19.1. The molecule has 2 atom stereocenters. The lowest BCUT2D eigenvalue weighted by Gasteiger charge is -2.36. The second kappa shape index (κ2) is 8.29. The summed E-state index contributed by atoms with van der Waals surface area (Å²) in [6.07, 6.45) is -1.15. The number of rotatable bonds is 3. The Kier molecular flexibility index (Phi) is 5.82. The number of nitrogens with zero attached hydrogens (tertiary/aromatic N) is 2. The number of imide groups is 2. The lowest BCUT2D eigenvalue weighted by Crippen LogP contribution is -2.53. The van der Waals surface area contributed by atoms with E-state index in [2.05, 4.69) is 0 Å². The Labute approximate surface area is 203 Å². The molecule has 2 aliphatic heterocycles. The minimum absolute atomic E-state index is 0.161. The zero-order valence-electron chi connectivity index (χ0n) is 20.7. The third-order valence-electron chi connectivity index (χ3n) is 6.65. The molecule has 0 radical (unpaired) electrons. The highest BCUT2D eigenvalue weighted by Gasteiger charge is 2.64. The third kappa shape index (κ3) is 3.81. The Morgan fingerprint density at radius 3 is 2.40 bits per heavy atom. The van der Waals surface area contributed by atoms with Crippen molar-refractivity contribution in [3.8, 4) is 0 Å². The van der Waals surface area contributed by atoms with Crippen molar-refractivity contribution in [3.05, 3.63) is 59.4 Å². The van der Waals surface area contributed by atoms with Gasteiger partial charge in [0.05, 0.1) is 22.7 Å². The number of hydrogen-bond donors (Lipinski definition) is 0. The summed E-state index contributed by atoms with van der Waals surface area (Å²) in [6, 6.07) is 10.6. The van der Waals surface area contributed by atoms with Gasteiger partial charge in [0.25, 0.3) is 0 Å². The zero-order valence-corrected chi connectivity index (χ0v) is 20.7. The molecule has 4 amide bonds. The van der Waals surface area contributed by atoms with Gasteiger partial charge in [0.1, 0.15) is 11.4 Å². The molecule has 2 aromatic rings. The summed E-state index contributed by atoms with van der Waals surface area (Å²) < 4.78 is 20.0. The van der Waals surface area contributed by atoms with Crippen LogP contribution in [0.2, 0.25) is 0 Å². The molecule has 2 aromatic carbocycles. The van der Waals surface area contributed by atoms with Gasteiger partial charge in [0.15, 0.2) is 0 Å². The van der Waals surface area contributed by atoms with Crippen LogP contribution >= 0.6 is 0 Å². The van der Waals surface area contributed by atoms with E-state index >= 15 is 0 Å². The highest BCUT2D eigenvalue weighted by Crippen LogP contribution is 2.54. The number of aryl methyl sites for hydroxylation is 1. The minimum atomic E-state index is -1.63. The number of anilines is 2. The molecule has 7 nitrogen and oxygen atoms in total. The second-order valence-electron chi connectivity index (χ2n) is 10.5. The van der Waals surface area contributed by atoms with Crippen molar-refractivity contribution in [1.82, 2.24) is 0 Å². The number of halogens is 1. The fourth-order valence-electron chi connectivity index (χ4n) is 5.26. The molecule has 0 aromatic heterocycles. The predicted molar refractivity (Wildman–Crippen MR) is 128 cm³/mol. The maximum absolute atomic E-state index is 14.5. The summed E-state index contributed by atoms with van der Waals surface area (Å²) in [4.78, 5) is 56.2. The summed E-state index contributed by atoms with van der Waals surface area (Å²) in [5.74, 6) is -3.96. The summed E-state index contributed by atoms with van der Waals surface area (Å²) in [7, 11) is 0. The molecule has 1 unspecified atom stereocenters. The summed E-state index contributed by atoms with van der Waals surface area (Å²) in [5, 5.41) is 0. The molecule has 0 spiro atoms. The van der Waals surface area contributed by atoms with Crippen LogP contribution < -0.4 is 9.80 Å². The van der Waals surface area contributed by atoms with Crippen LogP contribution in [0.25, 0.3) is 0 Å². The first-order chi connectivity index (χ1) is 16.3. The largest absolute Gasteiger partial charge is 0.443 e. The topological polar surface area (TPSA) is 84.0 Å². The zero-order chi connectivity index (χ0) is 25.9. The molecule has 1 saturated heterocycles. The molecule has 2 heterocycles. The molecule has 184 valence electrons. The number of benzene rings is 2.